The van der Waals surface area contributed by atoms with Crippen LogP contribution in [0.15, 0.2) is 60.8 Å². The fraction of sp³-hybridized carbons (Fsp3) is 0.238. The van der Waals surface area contributed by atoms with Crippen LogP contribution in [0.25, 0.3) is 5.69 Å². The van der Waals surface area contributed by atoms with Gasteiger partial charge >= 0.3 is 0 Å². The molecule has 0 spiro atoms. The molecule has 6 heteroatoms. The van der Waals surface area contributed by atoms with Gasteiger partial charge in [0.15, 0.2) is 11.4 Å². The first kappa shape index (κ1) is 19.0. The lowest BCUT2D eigenvalue weighted by Crippen LogP contribution is -2.37. The van der Waals surface area contributed by atoms with Gasteiger partial charge in [-0.3, -0.25) is 4.79 Å². The number of para-hydroxylation sites is 1. The number of benzene rings is 2. The number of halogens is 1. The van der Waals surface area contributed by atoms with Crippen molar-refractivity contribution in [1.82, 2.24) is 15.1 Å². The van der Waals surface area contributed by atoms with Crippen LogP contribution < -0.4 is 10.1 Å². The Morgan fingerprint density at radius 1 is 1.19 bits per heavy atom. The van der Waals surface area contributed by atoms with Crippen molar-refractivity contribution in [2.24, 2.45) is 0 Å². The summed E-state index contributed by atoms with van der Waals surface area (Å²) in [6.07, 6.45) is 1.70. The van der Waals surface area contributed by atoms with Gasteiger partial charge in [0.05, 0.1) is 19.0 Å². The van der Waals surface area contributed by atoms with Crippen LogP contribution in [-0.4, -0.2) is 29.3 Å². The molecule has 0 aliphatic rings. The number of carbonyl (C=O) groups excluding carboxylic acids is 1. The minimum Gasteiger partial charge on any atom is -0.493 e. The molecule has 1 heterocycles. The molecular weight excluding hydrogens is 362 g/mol. The van der Waals surface area contributed by atoms with Gasteiger partial charge in [0.25, 0.3) is 5.91 Å². The third-order valence-electron chi connectivity index (χ3n) is 4.43. The Labute approximate surface area is 163 Å². The molecule has 0 radical (unpaired) electrons. The average molecular weight is 384 g/mol. The number of amides is 1. The van der Waals surface area contributed by atoms with Crippen LogP contribution in [0.1, 0.15) is 29.9 Å². The molecule has 0 saturated carbocycles. The van der Waals surface area contributed by atoms with Gasteiger partial charge in [0.1, 0.15) is 0 Å². The summed E-state index contributed by atoms with van der Waals surface area (Å²) < 4.78 is 6.97. The Balaban J connectivity index is 1.77. The predicted molar refractivity (Wildman–Crippen MR) is 107 cm³/mol. The molecule has 0 aliphatic carbocycles. The zero-order valence-corrected chi connectivity index (χ0v) is 16.3. The van der Waals surface area contributed by atoms with E-state index in [2.05, 4.69) is 24.3 Å². The molecule has 0 unspecified atom stereocenters. The molecule has 0 aliphatic heterocycles. The summed E-state index contributed by atoms with van der Waals surface area (Å²) in [6.45, 7) is 4.55. The standard InChI is InChI=1S/C21H22ClN3O2/c1-21(2,15-8-7-9-16(22)12-15)14-23-20(26)19-18(27-3)13-25(24-19)17-10-5-4-6-11-17/h4-13H,14H2,1-3H3,(H,23,26). The summed E-state index contributed by atoms with van der Waals surface area (Å²) >= 11 is 6.09. The molecule has 5 nitrogen and oxygen atoms in total. The van der Waals surface area contributed by atoms with E-state index in [0.29, 0.717) is 17.3 Å². The van der Waals surface area contributed by atoms with Crippen molar-refractivity contribution in [3.8, 4) is 11.4 Å². The number of carbonyl (C=O) groups is 1. The summed E-state index contributed by atoms with van der Waals surface area (Å²) in [6, 6.07) is 17.2. The Morgan fingerprint density at radius 3 is 2.59 bits per heavy atom. The van der Waals surface area contributed by atoms with Crippen LogP contribution in [0.2, 0.25) is 5.02 Å². The lowest BCUT2D eigenvalue weighted by molar-refractivity contribution is 0.0937. The molecule has 140 valence electrons. The Hall–Kier alpha value is -2.79. The minimum atomic E-state index is -0.282. The van der Waals surface area contributed by atoms with Crippen molar-refractivity contribution in [2.45, 2.75) is 19.3 Å². The number of hydrogen-bond donors (Lipinski definition) is 1. The van der Waals surface area contributed by atoms with Gasteiger partial charge < -0.3 is 10.1 Å². The van der Waals surface area contributed by atoms with E-state index in [4.69, 9.17) is 16.3 Å². The summed E-state index contributed by atoms with van der Waals surface area (Å²) in [4.78, 5) is 12.7. The van der Waals surface area contributed by atoms with Gasteiger partial charge in [-0.2, -0.15) is 5.10 Å². The molecule has 1 amide bonds. The highest BCUT2D eigenvalue weighted by molar-refractivity contribution is 6.30. The van der Waals surface area contributed by atoms with Crippen LogP contribution in [0.3, 0.4) is 0 Å². The fourth-order valence-corrected chi connectivity index (χ4v) is 2.96. The summed E-state index contributed by atoms with van der Waals surface area (Å²) in [5.74, 6) is 0.147. The van der Waals surface area contributed by atoms with E-state index in [1.807, 2.05) is 54.6 Å². The lowest BCUT2D eigenvalue weighted by atomic mass is 9.84. The van der Waals surface area contributed by atoms with Gasteiger partial charge in [-0.25, -0.2) is 4.68 Å². The topological polar surface area (TPSA) is 56.2 Å². The molecule has 1 N–H and O–H groups in total. The van der Waals surface area contributed by atoms with Gasteiger partial charge in [0, 0.05) is 17.0 Å². The number of rotatable bonds is 6. The highest BCUT2D eigenvalue weighted by atomic mass is 35.5. The number of nitrogens with one attached hydrogen (secondary N) is 1. The smallest absolute Gasteiger partial charge is 0.275 e. The molecule has 1 aromatic heterocycles. The lowest BCUT2D eigenvalue weighted by Gasteiger charge is -2.25. The van der Waals surface area contributed by atoms with Crippen molar-refractivity contribution >= 4 is 17.5 Å². The van der Waals surface area contributed by atoms with Gasteiger partial charge in [0.2, 0.25) is 0 Å². The first-order chi connectivity index (χ1) is 12.9. The van der Waals surface area contributed by atoms with E-state index < -0.39 is 0 Å². The second-order valence-electron chi connectivity index (χ2n) is 6.90. The molecule has 3 rings (SSSR count). The van der Waals surface area contributed by atoms with E-state index >= 15 is 0 Å². The maximum absolute atomic E-state index is 12.7. The van der Waals surface area contributed by atoms with Crippen LogP contribution >= 0.6 is 11.6 Å². The molecule has 27 heavy (non-hydrogen) atoms. The minimum absolute atomic E-state index is 0.253. The maximum Gasteiger partial charge on any atom is 0.275 e. The predicted octanol–water partition coefficient (Wildman–Crippen LogP) is 4.24. The average Bonchev–Trinajstić information content (AvgIpc) is 3.11. The van der Waals surface area contributed by atoms with Crippen molar-refractivity contribution in [3.05, 3.63) is 77.1 Å². The first-order valence-electron chi connectivity index (χ1n) is 8.64. The Kier molecular flexibility index (Phi) is 5.51. The number of methoxy groups -OCH3 is 1. The third kappa shape index (κ3) is 4.31. The van der Waals surface area contributed by atoms with Gasteiger partial charge in [-0.05, 0) is 29.8 Å². The summed E-state index contributed by atoms with van der Waals surface area (Å²) in [5, 5.41) is 8.03. The number of nitrogens with zero attached hydrogens (tertiary/aromatic N) is 2. The molecular formula is C21H22ClN3O2. The van der Waals surface area contributed by atoms with E-state index in [-0.39, 0.29) is 17.0 Å². The fourth-order valence-electron chi connectivity index (χ4n) is 2.77. The quantitative estimate of drug-likeness (QED) is 0.692. The summed E-state index contributed by atoms with van der Waals surface area (Å²) in [7, 11) is 1.53. The number of ether oxygens (including phenoxy) is 1. The van der Waals surface area contributed by atoms with Crippen LogP contribution in [0, 0.1) is 0 Å². The van der Waals surface area contributed by atoms with Crippen molar-refractivity contribution in [1.29, 1.82) is 0 Å². The van der Waals surface area contributed by atoms with Crippen molar-refractivity contribution in [3.63, 3.8) is 0 Å². The maximum atomic E-state index is 12.7. The molecule has 3 aromatic rings. The van der Waals surface area contributed by atoms with Crippen LogP contribution in [0.5, 0.6) is 5.75 Å². The molecule has 0 fully saturated rings. The number of aromatic nitrogens is 2. The van der Waals surface area contributed by atoms with Crippen molar-refractivity contribution < 1.29 is 9.53 Å². The third-order valence-corrected chi connectivity index (χ3v) is 4.67. The summed E-state index contributed by atoms with van der Waals surface area (Å²) in [5.41, 5.74) is 1.88. The second-order valence-corrected chi connectivity index (χ2v) is 7.34. The SMILES string of the molecule is COc1cn(-c2ccccc2)nc1C(=O)NCC(C)(C)c1cccc(Cl)c1. The first-order valence-corrected chi connectivity index (χ1v) is 9.02. The second kappa shape index (κ2) is 7.84. The normalized spacial score (nSPS) is 11.3. The Morgan fingerprint density at radius 2 is 1.93 bits per heavy atom. The zero-order chi connectivity index (χ0) is 19.4. The van der Waals surface area contributed by atoms with E-state index in [1.165, 1.54) is 7.11 Å². The molecule has 0 atom stereocenters. The Bertz CT molecular complexity index is 936. The van der Waals surface area contributed by atoms with Gasteiger partial charge in [-0.15, -0.1) is 0 Å². The zero-order valence-electron chi connectivity index (χ0n) is 15.6. The molecule has 0 bridgehead atoms. The highest BCUT2D eigenvalue weighted by Crippen LogP contribution is 2.25. The molecule has 2 aromatic carbocycles. The van der Waals surface area contributed by atoms with E-state index in [0.717, 1.165) is 11.3 Å². The van der Waals surface area contributed by atoms with Crippen molar-refractivity contribution in [2.75, 3.05) is 13.7 Å². The monoisotopic (exact) mass is 383 g/mol. The van der Waals surface area contributed by atoms with E-state index in [1.54, 1.807) is 10.9 Å². The van der Waals surface area contributed by atoms with Gasteiger partial charge in [-0.1, -0.05) is 55.8 Å². The van der Waals surface area contributed by atoms with E-state index in [9.17, 15) is 4.79 Å². The van der Waals surface area contributed by atoms with Crippen LogP contribution in [0.4, 0.5) is 0 Å². The molecule has 0 saturated heterocycles. The number of hydrogen-bond acceptors (Lipinski definition) is 3. The van der Waals surface area contributed by atoms with Crippen LogP contribution in [-0.2, 0) is 5.41 Å². The largest absolute Gasteiger partial charge is 0.493 e. The highest BCUT2D eigenvalue weighted by Gasteiger charge is 2.24.